The summed E-state index contributed by atoms with van der Waals surface area (Å²) >= 11 is 0. The quantitative estimate of drug-likeness (QED) is 0.712. The van der Waals surface area contributed by atoms with Gasteiger partial charge in [0.05, 0.1) is 6.04 Å². The lowest BCUT2D eigenvalue weighted by molar-refractivity contribution is 0.0931. The van der Waals surface area contributed by atoms with Gasteiger partial charge in [0.2, 0.25) is 0 Å². The van der Waals surface area contributed by atoms with Crippen LogP contribution in [0.3, 0.4) is 0 Å². The lowest BCUT2D eigenvalue weighted by Gasteiger charge is -2.31. The number of nitrogens with one attached hydrogen (secondary N) is 1. The van der Waals surface area contributed by atoms with Crippen LogP contribution in [0.2, 0.25) is 0 Å². The van der Waals surface area contributed by atoms with Gasteiger partial charge in [-0.25, -0.2) is 0 Å². The largest absolute Gasteiger partial charge is 0.353 e. The Morgan fingerprint density at radius 3 is 2.43 bits per heavy atom. The van der Waals surface area contributed by atoms with Crippen LogP contribution >= 0.6 is 0 Å². The number of benzene rings is 2. The average Bonchev–Trinajstić information content (AvgIpc) is 2.97. The first-order valence-corrected chi connectivity index (χ1v) is 10.3. The van der Waals surface area contributed by atoms with Gasteiger partial charge in [0.15, 0.2) is 0 Å². The maximum absolute atomic E-state index is 12.9. The van der Waals surface area contributed by atoms with Gasteiger partial charge in [0.1, 0.15) is 0 Å². The zero-order valence-corrected chi connectivity index (χ0v) is 16.6. The Morgan fingerprint density at radius 2 is 1.71 bits per heavy atom. The number of aromatic nitrogens is 1. The summed E-state index contributed by atoms with van der Waals surface area (Å²) in [5, 5.41) is 5.46. The van der Waals surface area contributed by atoms with Crippen LogP contribution in [0.5, 0.6) is 0 Å². The first kappa shape index (κ1) is 18.8. The summed E-state index contributed by atoms with van der Waals surface area (Å²) in [7, 11) is 2.09. The zero-order chi connectivity index (χ0) is 19.3. The van der Waals surface area contributed by atoms with Gasteiger partial charge in [-0.3, -0.25) is 9.69 Å². The predicted molar refractivity (Wildman–Crippen MR) is 114 cm³/mol. The van der Waals surface area contributed by atoms with E-state index in [-0.39, 0.29) is 11.9 Å². The molecular formula is C24H29N3O. The van der Waals surface area contributed by atoms with E-state index in [1.54, 1.807) is 0 Å². The van der Waals surface area contributed by atoms with Crippen molar-refractivity contribution < 1.29 is 4.79 Å². The monoisotopic (exact) mass is 375 g/mol. The number of carbonyl (C=O) groups excluding carboxylic acids is 1. The van der Waals surface area contributed by atoms with E-state index in [1.807, 2.05) is 30.3 Å². The first-order valence-electron chi connectivity index (χ1n) is 10.3. The van der Waals surface area contributed by atoms with Crippen molar-refractivity contribution in [1.82, 2.24) is 14.8 Å². The molecule has 0 aliphatic carbocycles. The SMILES string of the molecule is Cn1cccc1C(CNC(=O)c1ccc2ccccc2c1)N1CCCCCC1. The predicted octanol–water partition coefficient (Wildman–Crippen LogP) is 4.53. The molecule has 1 saturated heterocycles. The Kier molecular flexibility index (Phi) is 5.77. The number of amides is 1. The second-order valence-electron chi connectivity index (χ2n) is 7.78. The van der Waals surface area contributed by atoms with E-state index in [2.05, 4.69) is 52.3 Å². The first-order chi connectivity index (χ1) is 13.7. The van der Waals surface area contributed by atoms with Gasteiger partial charge in [-0.05, 0) is 61.0 Å². The highest BCUT2D eigenvalue weighted by Crippen LogP contribution is 2.24. The molecule has 1 atom stereocenters. The van der Waals surface area contributed by atoms with E-state index < -0.39 is 0 Å². The summed E-state index contributed by atoms with van der Waals surface area (Å²) in [4.78, 5) is 15.4. The maximum atomic E-state index is 12.9. The van der Waals surface area contributed by atoms with Gasteiger partial charge < -0.3 is 9.88 Å². The second kappa shape index (κ2) is 8.61. The summed E-state index contributed by atoms with van der Waals surface area (Å²) in [5.74, 6) is -0.000200. The lowest BCUT2D eigenvalue weighted by atomic mass is 10.1. The number of hydrogen-bond acceptors (Lipinski definition) is 2. The average molecular weight is 376 g/mol. The molecule has 0 bridgehead atoms. The zero-order valence-electron chi connectivity index (χ0n) is 16.6. The number of rotatable bonds is 5. The maximum Gasteiger partial charge on any atom is 0.251 e. The molecule has 1 aromatic heterocycles. The molecule has 0 spiro atoms. The molecule has 2 aromatic carbocycles. The van der Waals surface area contributed by atoms with Crippen LogP contribution < -0.4 is 5.32 Å². The highest BCUT2D eigenvalue weighted by atomic mass is 16.1. The van der Waals surface area contributed by atoms with E-state index in [0.717, 1.165) is 29.4 Å². The Labute approximate surface area is 167 Å². The van der Waals surface area contributed by atoms with Crippen molar-refractivity contribution in [3.63, 3.8) is 0 Å². The van der Waals surface area contributed by atoms with Crippen molar-refractivity contribution in [3.05, 3.63) is 72.1 Å². The number of carbonyl (C=O) groups is 1. The van der Waals surface area contributed by atoms with Gasteiger partial charge in [0.25, 0.3) is 5.91 Å². The van der Waals surface area contributed by atoms with Crippen molar-refractivity contribution in [1.29, 1.82) is 0 Å². The molecule has 4 heteroatoms. The van der Waals surface area contributed by atoms with E-state index in [1.165, 1.54) is 31.4 Å². The number of likely N-dealkylation sites (tertiary alicyclic amines) is 1. The summed E-state index contributed by atoms with van der Waals surface area (Å²) < 4.78 is 2.18. The van der Waals surface area contributed by atoms with E-state index in [0.29, 0.717) is 6.54 Å². The van der Waals surface area contributed by atoms with E-state index >= 15 is 0 Å². The van der Waals surface area contributed by atoms with Crippen LogP contribution in [0.25, 0.3) is 10.8 Å². The fourth-order valence-electron chi connectivity index (χ4n) is 4.27. The standard InChI is InChI=1S/C24H29N3O/c1-26-14-8-11-22(26)23(27-15-6-2-3-7-16-27)18-25-24(28)21-13-12-19-9-4-5-10-20(19)17-21/h4-5,8-14,17,23H,2-3,6-7,15-16,18H2,1H3,(H,25,28). The van der Waals surface area contributed by atoms with Crippen LogP contribution in [0.15, 0.2) is 60.8 Å². The van der Waals surface area contributed by atoms with Gasteiger partial charge in [-0.15, -0.1) is 0 Å². The molecule has 1 fully saturated rings. The highest BCUT2D eigenvalue weighted by Gasteiger charge is 2.24. The fourth-order valence-corrected chi connectivity index (χ4v) is 4.27. The van der Waals surface area contributed by atoms with Crippen molar-refractivity contribution in [2.45, 2.75) is 31.7 Å². The van der Waals surface area contributed by atoms with Gasteiger partial charge in [-0.2, -0.15) is 0 Å². The minimum absolute atomic E-state index is 0.000200. The van der Waals surface area contributed by atoms with E-state index in [4.69, 9.17) is 0 Å². The van der Waals surface area contributed by atoms with Crippen LogP contribution in [-0.4, -0.2) is 35.0 Å². The molecular weight excluding hydrogens is 346 g/mol. The third kappa shape index (κ3) is 4.12. The normalized spacial score (nSPS) is 16.6. The molecule has 146 valence electrons. The third-order valence-corrected chi connectivity index (χ3v) is 5.87. The van der Waals surface area contributed by atoms with Crippen molar-refractivity contribution >= 4 is 16.7 Å². The van der Waals surface area contributed by atoms with E-state index in [9.17, 15) is 4.79 Å². The lowest BCUT2D eigenvalue weighted by Crippen LogP contribution is -2.39. The van der Waals surface area contributed by atoms with Crippen molar-refractivity contribution in [3.8, 4) is 0 Å². The molecule has 1 aliphatic heterocycles. The molecule has 1 aliphatic rings. The van der Waals surface area contributed by atoms with Gasteiger partial charge >= 0.3 is 0 Å². The Bertz CT molecular complexity index is 938. The van der Waals surface area contributed by atoms with Crippen LogP contribution in [0.1, 0.15) is 47.8 Å². The molecule has 1 amide bonds. The fraction of sp³-hybridized carbons (Fsp3) is 0.375. The molecule has 1 N–H and O–H groups in total. The molecule has 4 nitrogen and oxygen atoms in total. The topological polar surface area (TPSA) is 37.3 Å². The summed E-state index contributed by atoms with van der Waals surface area (Å²) in [6, 6.07) is 18.6. The molecule has 28 heavy (non-hydrogen) atoms. The smallest absolute Gasteiger partial charge is 0.251 e. The van der Waals surface area contributed by atoms with Crippen LogP contribution in [-0.2, 0) is 7.05 Å². The highest BCUT2D eigenvalue weighted by molar-refractivity contribution is 5.98. The second-order valence-corrected chi connectivity index (χ2v) is 7.78. The molecule has 2 heterocycles. The Hall–Kier alpha value is -2.59. The third-order valence-electron chi connectivity index (χ3n) is 5.87. The minimum atomic E-state index is -0.000200. The summed E-state index contributed by atoms with van der Waals surface area (Å²) in [6.07, 6.45) is 7.17. The molecule has 4 rings (SSSR count). The van der Waals surface area contributed by atoms with Crippen LogP contribution in [0, 0.1) is 0 Å². The van der Waals surface area contributed by atoms with Crippen molar-refractivity contribution in [2.24, 2.45) is 7.05 Å². The summed E-state index contributed by atoms with van der Waals surface area (Å²) in [6.45, 7) is 2.83. The van der Waals surface area contributed by atoms with Gasteiger partial charge in [0, 0.05) is 31.0 Å². The van der Waals surface area contributed by atoms with Gasteiger partial charge in [-0.1, -0.05) is 43.2 Å². The molecule has 3 aromatic rings. The molecule has 0 saturated carbocycles. The number of nitrogens with zero attached hydrogens (tertiary/aromatic N) is 2. The molecule has 0 radical (unpaired) electrons. The number of fused-ring (bicyclic) bond motifs is 1. The number of aryl methyl sites for hydroxylation is 1. The molecule has 1 unspecified atom stereocenters. The Morgan fingerprint density at radius 1 is 0.964 bits per heavy atom. The summed E-state index contributed by atoms with van der Waals surface area (Å²) in [5.41, 5.74) is 1.99. The Balaban J connectivity index is 1.51. The van der Waals surface area contributed by atoms with Crippen molar-refractivity contribution in [2.75, 3.05) is 19.6 Å². The minimum Gasteiger partial charge on any atom is -0.353 e. The van der Waals surface area contributed by atoms with Crippen LogP contribution in [0.4, 0.5) is 0 Å². The number of hydrogen-bond donors (Lipinski definition) is 1.